The molecular weight excluding hydrogens is 506 g/mol. The molecule has 5 amide bonds. The van der Waals surface area contributed by atoms with Gasteiger partial charge in [0, 0.05) is 56.7 Å². The number of carbonyl (C=O) groups excluding carboxylic acids is 4. The predicted molar refractivity (Wildman–Crippen MR) is 146 cm³/mol. The Morgan fingerprint density at radius 2 is 1.82 bits per heavy atom. The second-order valence-corrected chi connectivity index (χ2v) is 10.1. The van der Waals surface area contributed by atoms with Crippen LogP contribution in [0.4, 0.5) is 10.5 Å². The fourth-order valence-electron chi connectivity index (χ4n) is 4.85. The lowest BCUT2D eigenvalue weighted by Crippen LogP contribution is -2.51. The Kier molecular flexibility index (Phi) is 8.68. The van der Waals surface area contributed by atoms with Gasteiger partial charge in [0.05, 0.1) is 5.57 Å². The first-order valence-corrected chi connectivity index (χ1v) is 13.0. The molecule has 9 nitrogen and oxygen atoms in total. The number of nitrogens with one attached hydrogen (secondary N) is 1. The Hall–Kier alpha value is -3.85. The number of para-hydroxylation sites is 1. The summed E-state index contributed by atoms with van der Waals surface area (Å²) in [5.74, 6) is -0.535. The summed E-state index contributed by atoms with van der Waals surface area (Å²) in [5, 5.41) is 3.46. The summed E-state index contributed by atoms with van der Waals surface area (Å²) >= 11 is 6.11. The van der Waals surface area contributed by atoms with E-state index < -0.39 is 0 Å². The van der Waals surface area contributed by atoms with Gasteiger partial charge in [-0.3, -0.25) is 14.4 Å². The van der Waals surface area contributed by atoms with Crippen molar-refractivity contribution in [1.29, 1.82) is 0 Å². The third kappa shape index (κ3) is 6.34. The van der Waals surface area contributed by atoms with Gasteiger partial charge in [0.1, 0.15) is 6.54 Å². The summed E-state index contributed by atoms with van der Waals surface area (Å²) in [5.41, 5.74) is 2.76. The van der Waals surface area contributed by atoms with Gasteiger partial charge in [0.25, 0.3) is 5.91 Å². The Balaban J connectivity index is 1.39. The number of amides is 5. The summed E-state index contributed by atoms with van der Waals surface area (Å²) in [6.45, 7) is 1.39. The van der Waals surface area contributed by atoms with Crippen LogP contribution in [-0.2, 0) is 20.8 Å². The van der Waals surface area contributed by atoms with E-state index >= 15 is 0 Å². The van der Waals surface area contributed by atoms with Crippen molar-refractivity contribution in [2.75, 3.05) is 45.6 Å². The number of fused-ring (bicyclic) bond motifs is 1. The van der Waals surface area contributed by atoms with Gasteiger partial charge >= 0.3 is 6.03 Å². The molecule has 2 aliphatic heterocycles. The highest BCUT2D eigenvalue weighted by Crippen LogP contribution is 2.25. The Labute approximate surface area is 227 Å². The maximum atomic E-state index is 13.1. The molecule has 4 rings (SSSR count). The number of anilines is 1. The van der Waals surface area contributed by atoms with Crippen molar-refractivity contribution in [2.24, 2.45) is 0 Å². The van der Waals surface area contributed by atoms with Crippen LogP contribution in [0, 0.1) is 0 Å². The minimum Gasteiger partial charge on any atom is -0.345 e. The van der Waals surface area contributed by atoms with Crippen LogP contribution in [0.25, 0.3) is 5.57 Å². The molecule has 0 spiro atoms. The molecule has 2 aromatic carbocycles. The lowest BCUT2D eigenvalue weighted by atomic mass is 10.0. The van der Waals surface area contributed by atoms with E-state index in [1.54, 1.807) is 43.3 Å². The van der Waals surface area contributed by atoms with Crippen LogP contribution in [0.2, 0.25) is 5.02 Å². The van der Waals surface area contributed by atoms with Gasteiger partial charge in [-0.25, -0.2) is 4.79 Å². The minimum atomic E-state index is -0.315. The lowest BCUT2D eigenvalue weighted by Gasteiger charge is -2.38. The topological polar surface area (TPSA) is 93.3 Å². The third-order valence-electron chi connectivity index (χ3n) is 6.92. The monoisotopic (exact) mass is 537 g/mol. The van der Waals surface area contributed by atoms with E-state index in [1.807, 2.05) is 29.2 Å². The molecule has 0 radical (unpaired) electrons. The van der Waals surface area contributed by atoms with E-state index in [4.69, 9.17) is 11.6 Å². The number of benzene rings is 2. The number of hydrogen-bond donors (Lipinski definition) is 1. The SMILES string of the molecule is CN(C)C(=O)/C(=C\N(C=O)CC(=O)N1CCC(N2CCc3ccccc3NC2=O)CC1)c1cccc(Cl)c1. The van der Waals surface area contributed by atoms with Crippen molar-refractivity contribution in [1.82, 2.24) is 19.6 Å². The molecule has 2 heterocycles. The number of piperidine rings is 1. The van der Waals surface area contributed by atoms with Gasteiger partial charge in [0.2, 0.25) is 12.3 Å². The zero-order valence-corrected chi connectivity index (χ0v) is 22.4. The standard InChI is InChI=1S/C28H32ClN5O4/c1-31(2)27(37)24(21-7-5-8-22(29)16-21)17-32(19-35)18-26(36)33-13-11-23(12-14-33)34-15-10-20-6-3-4-9-25(20)30-28(34)38/h3-9,16-17,19,23H,10-15,18H2,1-2H3,(H,30,38)/b24-17-. The van der Waals surface area contributed by atoms with Gasteiger partial charge in [-0.2, -0.15) is 0 Å². The van der Waals surface area contributed by atoms with Crippen LogP contribution in [-0.4, -0.2) is 90.2 Å². The lowest BCUT2D eigenvalue weighted by molar-refractivity contribution is -0.135. The zero-order chi connectivity index (χ0) is 27.2. The molecule has 10 heteroatoms. The molecule has 1 N–H and O–H groups in total. The Bertz CT molecular complexity index is 1240. The number of carbonyl (C=O) groups is 4. The molecule has 1 saturated heterocycles. The fourth-order valence-corrected chi connectivity index (χ4v) is 5.04. The molecule has 200 valence electrons. The van der Waals surface area contributed by atoms with E-state index in [-0.39, 0.29) is 36.0 Å². The maximum absolute atomic E-state index is 13.1. The number of nitrogens with zero attached hydrogens (tertiary/aromatic N) is 4. The quantitative estimate of drug-likeness (QED) is 0.433. The summed E-state index contributed by atoms with van der Waals surface area (Å²) in [7, 11) is 3.23. The number of rotatable bonds is 7. The summed E-state index contributed by atoms with van der Waals surface area (Å²) < 4.78 is 0. The summed E-state index contributed by atoms with van der Waals surface area (Å²) in [4.78, 5) is 56.8. The highest BCUT2D eigenvalue weighted by molar-refractivity contribution is 6.31. The van der Waals surface area contributed by atoms with Gasteiger partial charge in [-0.05, 0) is 48.6 Å². The van der Waals surface area contributed by atoms with Crippen molar-refractivity contribution in [3.63, 3.8) is 0 Å². The van der Waals surface area contributed by atoms with Crippen LogP contribution in [0.15, 0.2) is 54.7 Å². The van der Waals surface area contributed by atoms with Crippen LogP contribution < -0.4 is 5.32 Å². The molecule has 0 atom stereocenters. The second-order valence-electron chi connectivity index (χ2n) is 9.67. The van der Waals surface area contributed by atoms with Crippen LogP contribution >= 0.6 is 11.6 Å². The normalized spacial score (nSPS) is 16.3. The number of hydrogen-bond acceptors (Lipinski definition) is 4. The zero-order valence-electron chi connectivity index (χ0n) is 21.6. The van der Waals surface area contributed by atoms with Crippen molar-refractivity contribution in [3.8, 4) is 0 Å². The molecule has 2 aromatic rings. The van der Waals surface area contributed by atoms with E-state index in [1.165, 1.54) is 16.0 Å². The number of urea groups is 1. The van der Waals surface area contributed by atoms with Crippen LogP contribution in [0.5, 0.6) is 0 Å². The molecule has 0 saturated carbocycles. The molecule has 38 heavy (non-hydrogen) atoms. The molecule has 0 aliphatic carbocycles. The molecule has 1 fully saturated rings. The van der Waals surface area contributed by atoms with Crippen LogP contribution in [0.1, 0.15) is 24.0 Å². The molecular formula is C28H32ClN5O4. The predicted octanol–water partition coefficient (Wildman–Crippen LogP) is 3.31. The van der Waals surface area contributed by atoms with E-state index in [9.17, 15) is 19.2 Å². The summed E-state index contributed by atoms with van der Waals surface area (Å²) in [6, 6.07) is 14.5. The average molecular weight is 538 g/mol. The second kappa shape index (κ2) is 12.1. The maximum Gasteiger partial charge on any atom is 0.322 e. The number of likely N-dealkylation sites (N-methyl/N-ethyl adjacent to an activating group) is 1. The average Bonchev–Trinajstić information content (AvgIpc) is 3.08. The smallest absolute Gasteiger partial charge is 0.322 e. The van der Waals surface area contributed by atoms with Gasteiger partial charge in [0.15, 0.2) is 0 Å². The van der Waals surface area contributed by atoms with E-state index in [0.717, 1.165) is 17.7 Å². The first kappa shape index (κ1) is 27.2. The van der Waals surface area contributed by atoms with Crippen molar-refractivity contribution in [3.05, 3.63) is 70.9 Å². The number of likely N-dealkylation sites (tertiary alicyclic amines) is 1. The minimum absolute atomic E-state index is 0.0302. The van der Waals surface area contributed by atoms with Gasteiger partial charge in [-0.15, -0.1) is 0 Å². The van der Waals surface area contributed by atoms with Gasteiger partial charge in [-0.1, -0.05) is 41.9 Å². The number of halogens is 1. The fraction of sp³-hybridized carbons (Fsp3) is 0.357. The molecule has 0 aromatic heterocycles. The van der Waals surface area contributed by atoms with Gasteiger partial charge < -0.3 is 24.9 Å². The molecule has 0 unspecified atom stereocenters. The van der Waals surface area contributed by atoms with Crippen LogP contribution in [0.3, 0.4) is 0 Å². The Morgan fingerprint density at radius 1 is 1.08 bits per heavy atom. The summed E-state index contributed by atoms with van der Waals surface area (Å²) in [6.07, 6.45) is 4.01. The first-order chi connectivity index (χ1) is 18.3. The largest absolute Gasteiger partial charge is 0.345 e. The molecule has 2 aliphatic rings. The highest BCUT2D eigenvalue weighted by Gasteiger charge is 2.31. The Morgan fingerprint density at radius 3 is 2.50 bits per heavy atom. The molecule has 0 bridgehead atoms. The van der Waals surface area contributed by atoms with E-state index in [2.05, 4.69) is 5.32 Å². The van der Waals surface area contributed by atoms with Crippen molar-refractivity contribution in [2.45, 2.75) is 25.3 Å². The van der Waals surface area contributed by atoms with E-state index in [0.29, 0.717) is 49.5 Å². The third-order valence-corrected chi connectivity index (χ3v) is 7.16. The van der Waals surface area contributed by atoms with Crippen molar-refractivity contribution < 1.29 is 19.2 Å². The first-order valence-electron chi connectivity index (χ1n) is 12.6. The van der Waals surface area contributed by atoms with Crippen molar-refractivity contribution >= 4 is 47.1 Å². The highest BCUT2D eigenvalue weighted by atomic mass is 35.5.